The van der Waals surface area contributed by atoms with Crippen molar-refractivity contribution in [2.45, 2.75) is 0 Å². The lowest BCUT2D eigenvalue weighted by Crippen LogP contribution is -2.17. The monoisotopic (exact) mass is 278 g/mol. The highest BCUT2D eigenvalue weighted by molar-refractivity contribution is 5.95. The summed E-state index contributed by atoms with van der Waals surface area (Å²) in [6.45, 7) is 0. The third-order valence-corrected chi connectivity index (χ3v) is 2.62. The molecular weight excluding hydrogens is 266 g/mol. The fourth-order valence-electron chi connectivity index (χ4n) is 1.58. The molecule has 0 atom stereocenters. The van der Waals surface area contributed by atoms with Gasteiger partial charge in [0.2, 0.25) is 0 Å². The molecule has 20 heavy (non-hydrogen) atoms. The minimum Gasteiger partial charge on any atom is -0.452 e. The minimum atomic E-state index is -0.852. The Hall–Kier alpha value is -2.63. The molecule has 0 bridgehead atoms. The summed E-state index contributed by atoms with van der Waals surface area (Å²) < 4.78 is 31.6. The second kappa shape index (κ2) is 5.56. The van der Waals surface area contributed by atoms with Crippen molar-refractivity contribution in [2.75, 3.05) is 12.8 Å². The molecule has 0 aliphatic carbocycles. The van der Waals surface area contributed by atoms with Crippen molar-refractivity contribution in [3.8, 4) is 11.5 Å². The van der Waals surface area contributed by atoms with Crippen LogP contribution >= 0.6 is 0 Å². The van der Waals surface area contributed by atoms with Crippen LogP contribution in [0.15, 0.2) is 36.4 Å². The highest BCUT2D eigenvalue weighted by atomic mass is 19.1. The van der Waals surface area contributed by atoms with Gasteiger partial charge in [0, 0.05) is 18.7 Å². The SMILES string of the molecule is CNC(=O)c1ccc(N)c(Oc2ccc(F)cc2F)c1. The van der Waals surface area contributed by atoms with Crippen molar-refractivity contribution < 1.29 is 18.3 Å². The van der Waals surface area contributed by atoms with Gasteiger partial charge in [-0.2, -0.15) is 0 Å². The number of hydrogen-bond acceptors (Lipinski definition) is 3. The number of amides is 1. The van der Waals surface area contributed by atoms with E-state index in [2.05, 4.69) is 5.32 Å². The second-order valence-corrected chi connectivity index (χ2v) is 4.01. The fraction of sp³-hybridized carbons (Fsp3) is 0.0714. The number of carbonyl (C=O) groups is 1. The molecule has 0 fully saturated rings. The van der Waals surface area contributed by atoms with Crippen molar-refractivity contribution in [3.63, 3.8) is 0 Å². The predicted molar refractivity (Wildman–Crippen MR) is 70.7 cm³/mol. The van der Waals surface area contributed by atoms with Crippen LogP contribution in [0.5, 0.6) is 11.5 Å². The molecule has 2 aromatic carbocycles. The van der Waals surface area contributed by atoms with Crippen molar-refractivity contribution in [2.24, 2.45) is 0 Å². The van der Waals surface area contributed by atoms with Gasteiger partial charge < -0.3 is 15.8 Å². The van der Waals surface area contributed by atoms with Crippen LogP contribution in [0.4, 0.5) is 14.5 Å². The van der Waals surface area contributed by atoms with E-state index in [0.29, 0.717) is 11.6 Å². The molecule has 0 unspecified atom stereocenters. The molecule has 0 aromatic heterocycles. The molecule has 6 heteroatoms. The van der Waals surface area contributed by atoms with Gasteiger partial charge in [-0.15, -0.1) is 0 Å². The summed E-state index contributed by atoms with van der Waals surface area (Å²) in [5.74, 6) is -1.94. The van der Waals surface area contributed by atoms with E-state index in [-0.39, 0.29) is 23.1 Å². The molecule has 104 valence electrons. The van der Waals surface area contributed by atoms with Gasteiger partial charge in [0.15, 0.2) is 17.3 Å². The smallest absolute Gasteiger partial charge is 0.251 e. The standard InChI is InChI=1S/C14H12F2N2O2/c1-18-14(19)8-2-4-11(17)13(6-8)20-12-5-3-9(15)7-10(12)16/h2-7H,17H2,1H3,(H,18,19). The topological polar surface area (TPSA) is 64.4 Å². The van der Waals surface area contributed by atoms with Crippen molar-refractivity contribution in [1.82, 2.24) is 5.32 Å². The number of nitrogens with one attached hydrogen (secondary N) is 1. The van der Waals surface area contributed by atoms with Crippen LogP contribution in [0.25, 0.3) is 0 Å². The van der Waals surface area contributed by atoms with E-state index in [4.69, 9.17) is 10.5 Å². The number of anilines is 1. The zero-order valence-electron chi connectivity index (χ0n) is 10.6. The number of hydrogen-bond donors (Lipinski definition) is 2. The van der Waals surface area contributed by atoms with Crippen molar-refractivity contribution in [3.05, 3.63) is 53.6 Å². The zero-order valence-corrected chi connectivity index (χ0v) is 10.6. The maximum absolute atomic E-state index is 13.5. The first-order valence-corrected chi connectivity index (χ1v) is 5.76. The molecule has 2 rings (SSSR count). The fourth-order valence-corrected chi connectivity index (χ4v) is 1.58. The maximum atomic E-state index is 13.5. The Bertz CT molecular complexity index is 660. The largest absolute Gasteiger partial charge is 0.452 e. The van der Waals surface area contributed by atoms with Gasteiger partial charge in [0.25, 0.3) is 5.91 Å². The summed E-state index contributed by atoms with van der Waals surface area (Å²) in [5.41, 5.74) is 6.26. The van der Waals surface area contributed by atoms with Crippen LogP contribution in [0, 0.1) is 11.6 Å². The molecule has 0 aliphatic heterocycles. The highest BCUT2D eigenvalue weighted by Crippen LogP contribution is 2.30. The molecule has 3 N–H and O–H groups in total. The molecule has 2 aromatic rings. The van der Waals surface area contributed by atoms with Crippen LogP contribution in [0.2, 0.25) is 0 Å². The molecule has 0 saturated heterocycles. The normalized spacial score (nSPS) is 10.2. The lowest BCUT2D eigenvalue weighted by Gasteiger charge is -2.10. The highest BCUT2D eigenvalue weighted by Gasteiger charge is 2.11. The van der Waals surface area contributed by atoms with E-state index in [0.717, 1.165) is 12.1 Å². The molecule has 0 aliphatic rings. The number of benzene rings is 2. The molecule has 0 spiro atoms. The molecule has 0 radical (unpaired) electrons. The number of rotatable bonds is 3. The summed E-state index contributed by atoms with van der Waals surface area (Å²) in [7, 11) is 1.48. The Morgan fingerprint density at radius 2 is 1.90 bits per heavy atom. The Morgan fingerprint density at radius 1 is 1.15 bits per heavy atom. The van der Waals surface area contributed by atoms with Gasteiger partial charge in [-0.05, 0) is 30.3 Å². The van der Waals surface area contributed by atoms with E-state index >= 15 is 0 Å². The van der Waals surface area contributed by atoms with Crippen molar-refractivity contribution in [1.29, 1.82) is 0 Å². The van der Waals surface area contributed by atoms with Gasteiger partial charge >= 0.3 is 0 Å². The van der Waals surface area contributed by atoms with Gasteiger partial charge in [-0.1, -0.05) is 0 Å². The first-order valence-electron chi connectivity index (χ1n) is 5.76. The van der Waals surface area contributed by atoms with E-state index in [1.807, 2.05) is 0 Å². The van der Waals surface area contributed by atoms with Crippen LogP contribution < -0.4 is 15.8 Å². The summed E-state index contributed by atoms with van der Waals surface area (Å²) in [6, 6.07) is 7.29. The lowest BCUT2D eigenvalue weighted by molar-refractivity contribution is 0.0963. The Morgan fingerprint density at radius 3 is 2.55 bits per heavy atom. The number of halogens is 2. The van der Waals surface area contributed by atoms with Crippen LogP contribution in [-0.2, 0) is 0 Å². The number of ether oxygens (including phenoxy) is 1. The van der Waals surface area contributed by atoms with Gasteiger partial charge in [0.05, 0.1) is 5.69 Å². The van der Waals surface area contributed by atoms with Gasteiger partial charge in [-0.25, -0.2) is 8.78 Å². The summed E-state index contributed by atoms with van der Waals surface area (Å²) in [4.78, 5) is 11.5. The summed E-state index contributed by atoms with van der Waals surface area (Å²) in [5, 5.41) is 2.45. The van der Waals surface area contributed by atoms with E-state index in [9.17, 15) is 13.6 Å². The van der Waals surface area contributed by atoms with Gasteiger partial charge in [-0.3, -0.25) is 4.79 Å². The van der Waals surface area contributed by atoms with Crippen LogP contribution in [0.1, 0.15) is 10.4 Å². The Balaban J connectivity index is 2.35. The average molecular weight is 278 g/mol. The summed E-state index contributed by atoms with van der Waals surface area (Å²) in [6.07, 6.45) is 0. The third kappa shape index (κ3) is 2.85. The molecule has 4 nitrogen and oxygen atoms in total. The Labute approximate surface area is 114 Å². The molecule has 0 heterocycles. The van der Waals surface area contributed by atoms with E-state index in [1.165, 1.54) is 25.2 Å². The molecule has 0 saturated carbocycles. The Kier molecular flexibility index (Phi) is 3.84. The van der Waals surface area contributed by atoms with Gasteiger partial charge in [0.1, 0.15) is 5.82 Å². The first-order chi connectivity index (χ1) is 9.51. The lowest BCUT2D eigenvalue weighted by atomic mass is 10.2. The van der Waals surface area contributed by atoms with E-state index in [1.54, 1.807) is 0 Å². The third-order valence-electron chi connectivity index (χ3n) is 2.62. The quantitative estimate of drug-likeness (QED) is 0.848. The predicted octanol–water partition coefficient (Wildman–Crippen LogP) is 2.70. The van der Waals surface area contributed by atoms with Crippen molar-refractivity contribution >= 4 is 11.6 Å². The molecule has 1 amide bonds. The first kappa shape index (κ1) is 13.8. The number of nitrogen functional groups attached to an aromatic ring is 1. The minimum absolute atomic E-state index is 0.122. The average Bonchev–Trinajstić information content (AvgIpc) is 2.43. The number of carbonyl (C=O) groups excluding carboxylic acids is 1. The number of nitrogens with two attached hydrogens (primary N) is 1. The van der Waals surface area contributed by atoms with Crippen LogP contribution in [-0.4, -0.2) is 13.0 Å². The zero-order chi connectivity index (χ0) is 14.7. The molecular formula is C14H12F2N2O2. The van der Waals surface area contributed by atoms with E-state index < -0.39 is 11.6 Å². The second-order valence-electron chi connectivity index (χ2n) is 4.01. The summed E-state index contributed by atoms with van der Waals surface area (Å²) >= 11 is 0. The van der Waals surface area contributed by atoms with Crippen LogP contribution in [0.3, 0.4) is 0 Å². The maximum Gasteiger partial charge on any atom is 0.251 e.